The monoisotopic (exact) mass is 308 g/mol. The smallest absolute Gasteiger partial charge is 0.267 e. The molecule has 1 aromatic heterocycles. The van der Waals surface area contributed by atoms with Crippen molar-refractivity contribution in [2.45, 2.75) is 6.54 Å². The summed E-state index contributed by atoms with van der Waals surface area (Å²) in [5.74, 6) is 0.965. The van der Waals surface area contributed by atoms with Gasteiger partial charge in [0.1, 0.15) is 11.5 Å². The molecule has 116 valence electrons. The molecule has 3 aromatic rings. The van der Waals surface area contributed by atoms with Gasteiger partial charge in [0.15, 0.2) is 0 Å². The number of phenolic OH excluding ortho intramolecular Hbond substituents is 1. The molecule has 0 fully saturated rings. The van der Waals surface area contributed by atoms with Crippen LogP contribution in [0.15, 0.2) is 65.5 Å². The molecule has 0 saturated carbocycles. The van der Waals surface area contributed by atoms with Crippen LogP contribution < -0.4 is 10.3 Å². The molecule has 1 N–H and O–H groups in total. The summed E-state index contributed by atoms with van der Waals surface area (Å²) in [5, 5.41) is 13.7. The molecule has 1 heterocycles. The average Bonchev–Trinajstić information content (AvgIpc) is 2.59. The number of hydrogen-bond acceptors (Lipinski definition) is 4. The molecule has 0 bridgehead atoms. The Morgan fingerprint density at radius 2 is 1.70 bits per heavy atom. The third-order valence-electron chi connectivity index (χ3n) is 3.52. The number of ether oxygens (including phenoxy) is 1. The molecule has 0 aliphatic carbocycles. The van der Waals surface area contributed by atoms with Gasteiger partial charge >= 0.3 is 0 Å². The van der Waals surface area contributed by atoms with Gasteiger partial charge in [-0.25, -0.2) is 4.68 Å². The van der Waals surface area contributed by atoms with Crippen molar-refractivity contribution in [1.82, 2.24) is 9.78 Å². The molecule has 0 spiro atoms. The Morgan fingerprint density at radius 3 is 2.35 bits per heavy atom. The summed E-state index contributed by atoms with van der Waals surface area (Å²) >= 11 is 0. The summed E-state index contributed by atoms with van der Waals surface area (Å²) in [4.78, 5) is 12.0. The molecule has 5 heteroatoms. The molecule has 2 aromatic carbocycles. The summed E-state index contributed by atoms with van der Waals surface area (Å²) in [5.41, 5.74) is 2.34. The van der Waals surface area contributed by atoms with Crippen molar-refractivity contribution >= 4 is 0 Å². The summed E-state index contributed by atoms with van der Waals surface area (Å²) in [6.07, 6.45) is 0. The molecule has 0 aliphatic heterocycles. The summed E-state index contributed by atoms with van der Waals surface area (Å²) in [7, 11) is 1.62. The van der Waals surface area contributed by atoms with Gasteiger partial charge < -0.3 is 9.84 Å². The van der Waals surface area contributed by atoms with E-state index in [0.29, 0.717) is 12.2 Å². The van der Waals surface area contributed by atoms with Crippen molar-refractivity contribution in [3.8, 4) is 22.8 Å². The normalized spacial score (nSPS) is 10.5. The van der Waals surface area contributed by atoms with Crippen LogP contribution in [0.25, 0.3) is 11.3 Å². The van der Waals surface area contributed by atoms with Gasteiger partial charge in [0, 0.05) is 11.6 Å². The number of phenols is 1. The van der Waals surface area contributed by atoms with Crippen molar-refractivity contribution in [3.63, 3.8) is 0 Å². The van der Waals surface area contributed by atoms with E-state index in [1.165, 1.54) is 10.7 Å². The Kier molecular flexibility index (Phi) is 4.10. The second-order valence-electron chi connectivity index (χ2n) is 5.11. The third kappa shape index (κ3) is 3.40. The fourth-order valence-electron chi connectivity index (χ4n) is 2.25. The van der Waals surface area contributed by atoms with E-state index in [1.807, 2.05) is 24.3 Å². The number of hydrogen-bond donors (Lipinski definition) is 1. The number of aromatic nitrogens is 2. The highest BCUT2D eigenvalue weighted by atomic mass is 16.5. The lowest BCUT2D eigenvalue weighted by Gasteiger charge is -2.08. The number of aromatic hydroxyl groups is 1. The zero-order valence-corrected chi connectivity index (χ0v) is 12.6. The van der Waals surface area contributed by atoms with Gasteiger partial charge in [0.05, 0.1) is 19.3 Å². The molecule has 0 saturated heterocycles. The molecule has 0 unspecified atom stereocenters. The topological polar surface area (TPSA) is 64.3 Å². The van der Waals surface area contributed by atoms with Gasteiger partial charge in [0.25, 0.3) is 5.56 Å². The number of benzene rings is 2. The van der Waals surface area contributed by atoms with Crippen LogP contribution in [0.2, 0.25) is 0 Å². The minimum absolute atomic E-state index is 0.171. The minimum atomic E-state index is -0.171. The Labute approximate surface area is 133 Å². The molecular weight excluding hydrogens is 292 g/mol. The minimum Gasteiger partial charge on any atom is -0.508 e. The van der Waals surface area contributed by atoms with Gasteiger partial charge in [-0.05, 0) is 48.0 Å². The zero-order valence-electron chi connectivity index (χ0n) is 12.6. The Bertz CT molecular complexity index is 853. The largest absolute Gasteiger partial charge is 0.508 e. The fourth-order valence-corrected chi connectivity index (χ4v) is 2.25. The Hall–Kier alpha value is -3.08. The lowest BCUT2D eigenvalue weighted by Crippen LogP contribution is -2.22. The van der Waals surface area contributed by atoms with Crippen molar-refractivity contribution in [2.24, 2.45) is 0 Å². The van der Waals surface area contributed by atoms with E-state index >= 15 is 0 Å². The maximum Gasteiger partial charge on any atom is 0.267 e. The van der Waals surface area contributed by atoms with Crippen molar-refractivity contribution in [3.05, 3.63) is 76.6 Å². The van der Waals surface area contributed by atoms with Crippen LogP contribution in [-0.2, 0) is 6.54 Å². The van der Waals surface area contributed by atoms with Gasteiger partial charge in [-0.2, -0.15) is 5.10 Å². The average molecular weight is 308 g/mol. The maximum absolute atomic E-state index is 12.0. The van der Waals surface area contributed by atoms with Gasteiger partial charge in [-0.15, -0.1) is 0 Å². The molecular formula is C18H16N2O3. The van der Waals surface area contributed by atoms with E-state index in [-0.39, 0.29) is 11.3 Å². The molecule has 0 atom stereocenters. The second-order valence-corrected chi connectivity index (χ2v) is 5.11. The molecule has 3 rings (SSSR count). The van der Waals surface area contributed by atoms with Crippen molar-refractivity contribution in [2.75, 3.05) is 7.11 Å². The lowest BCUT2D eigenvalue weighted by molar-refractivity contribution is 0.415. The predicted octanol–water partition coefficient (Wildman–Crippen LogP) is 2.67. The van der Waals surface area contributed by atoms with Crippen LogP contribution in [0.3, 0.4) is 0 Å². The van der Waals surface area contributed by atoms with E-state index in [1.54, 1.807) is 37.4 Å². The first kappa shape index (κ1) is 14.8. The van der Waals surface area contributed by atoms with Gasteiger partial charge in [-0.1, -0.05) is 12.1 Å². The third-order valence-corrected chi connectivity index (χ3v) is 3.52. The van der Waals surface area contributed by atoms with Crippen LogP contribution in [-0.4, -0.2) is 22.0 Å². The SMILES string of the molecule is COc1ccc(-c2ccc(=O)n(Cc3ccc(O)cc3)n2)cc1. The van der Waals surface area contributed by atoms with E-state index in [4.69, 9.17) is 4.74 Å². The Morgan fingerprint density at radius 1 is 1.00 bits per heavy atom. The van der Waals surface area contributed by atoms with Gasteiger partial charge in [-0.3, -0.25) is 4.79 Å². The number of rotatable bonds is 4. The Balaban J connectivity index is 1.91. The van der Waals surface area contributed by atoms with Crippen LogP contribution in [0.1, 0.15) is 5.56 Å². The summed E-state index contributed by atoms with van der Waals surface area (Å²) < 4.78 is 6.55. The quantitative estimate of drug-likeness (QED) is 0.805. The molecule has 0 aliphatic rings. The fraction of sp³-hybridized carbons (Fsp3) is 0.111. The highest BCUT2D eigenvalue weighted by Crippen LogP contribution is 2.19. The van der Waals surface area contributed by atoms with Crippen molar-refractivity contribution in [1.29, 1.82) is 0 Å². The first-order chi connectivity index (χ1) is 11.2. The number of nitrogens with zero attached hydrogens (tertiary/aromatic N) is 2. The lowest BCUT2D eigenvalue weighted by atomic mass is 10.1. The van der Waals surface area contributed by atoms with Crippen LogP contribution in [0.4, 0.5) is 0 Å². The highest BCUT2D eigenvalue weighted by Gasteiger charge is 2.05. The first-order valence-electron chi connectivity index (χ1n) is 7.16. The highest BCUT2D eigenvalue weighted by molar-refractivity contribution is 5.59. The van der Waals surface area contributed by atoms with Crippen LogP contribution in [0.5, 0.6) is 11.5 Å². The molecule has 0 radical (unpaired) electrons. The number of methoxy groups -OCH3 is 1. The molecule has 5 nitrogen and oxygen atoms in total. The van der Waals surface area contributed by atoms with Crippen molar-refractivity contribution < 1.29 is 9.84 Å². The van der Waals surface area contributed by atoms with E-state index < -0.39 is 0 Å². The maximum atomic E-state index is 12.0. The van der Waals surface area contributed by atoms with E-state index in [0.717, 1.165) is 16.9 Å². The van der Waals surface area contributed by atoms with Crippen LogP contribution >= 0.6 is 0 Å². The van der Waals surface area contributed by atoms with E-state index in [2.05, 4.69) is 5.10 Å². The predicted molar refractivity (Wildman–Crippen MR) is 87.7 cm³/mol. The molecule has 0 amide bonds. The second kappa shape index (κ2) is 6.36. The van der Waals surface area contributed by atoms with Gasteiger partial charge in [0.2, 0.25) is 0 Å². The standard InChI is InChI=1S/C18H16N2O3/c1-23-16-8-4-14(5-9-16)17-10-11-18(22)20(19-17)12-13-2-6-15(21)7-3-13/h2-11,21H,12H2,1H3. The summed E-state index contributed by atoms with van der Waals surface area (Å²) in [6.45, 7) is 0.350. The van der Waals surface area contributed by atoms with Crippen LogP contribution in [0, 0.1) is 0 Å². The summed E-state index contributed by atoms with van der Waals surface area (Å²) in [6, 6.07) is 17.4. The first-order valence-corrected chi connectivity index (χ1v) is 7.16. The van der Waals surface area contributed by atoms with E-state index in [9.17, 15) is 9.90 Å². The zero-order chi connectivity index (χ0) is 16.2. The molecule has 23 heavy (non-hydrogen) atoms.